The number of rotatable bonds is 26. The number of carbonyl (C=O) groups excluding carboxylic acids is 2. The van der Waals surface area contributed by atoms with E-state index in [1.54, 1.807) is 0 Å². The quantitative estimate of drug-likeness (QED) is 0.0706. The molecule has 0 saturated heterocycles. The lowest BCUT2D eigenvalue weighted by molar-refractivity contribution is -0.161. The Labute approximate surface area is 227 Å². The monoisotopic (exact) mass is 567 g/mol. The Morgan fingerprint density at radius 2 is 1.16 bits per heavy atom. The molecule has 0 aliphatic rings. The van der Waals surface area contributed by atoms with Crippen LogP contribution in [0, 0.1) is 0 Å². The van der Waals surface area contributed by atoms with Crippen molar-refractivity contribution >= 4 is 25.7 Å². The summed E-state index contributed by atoms with van der Waals surface area (Å²) in [6.45, 7) is 2.63. The first kappa shape index (κ1) is 36.5. The Bertz CT molecular complexity index is 691. The molecule has 0 aliphatic heterocycles. The fourth-order valence-electron chi connectivity index (χ4n) is 3.53. The first-order chi connectivity index (χ1) is 18.1. The highest BCUT2D eigenvalue weighted by atomic mass is 31.2. The molecule has 0 amide bonds. The van der Waals surface area contributed by atoms with Gasteiger partial charge in [-0.15, -0.1) is 0 Å². The van der Waals surface area contributed by atoms with E-state index in [9.17, 15) is 23.8 Å². The van der Waals surface area contributed by atoms with Gasteiger partial charge in [0.05, 0.1) is 13.2 Å². The third-order valence-corrected chi connectivity index (χ3v) is 6.81. The van der Waals surface area contributed by atoms with E-state index in [4.69, 9.17) is 24.8 Å². The number of phosphoric acid groups is 1. The van der Waals surface area contributed by atoms with Crippen LogP contribution in [0.1, 0.15) is 117 Å². The van der Waals surface area contributed by atoms with Gasteiger partial charge in [0, 0.05) is 12.8 Å². The number of carboxylic acid groups (broad SMARTS) is 1. The summed E-state index contributed by atoms with van der Waals surface area (Å²) in [7, 11) is -4.68. The minimum atomic E-state index is -4.68. The lowest BCUT2D eigenvalue weighted by atomic mass is 10.1. The van der Waals surface area contributed by atoms with Crippen LogP contribution < -0.4 is 5.73 Å². The van der Waals surface area contributed by atoms with Crippen molar-refractivity contribution in [1.82, 2.24) is 0 Å². The van der Waals surface area contributed by atoms with Gasteiger partial charge < -0.3 is 25.2 Å². The molecule has 0 aromatic carbocycles. The highest BCUT2D eigenvalue weighted by Gasteiger charge is 2.28. The number of ether oxygens (including phenoxy) is 2. The molecule has 0 heterocycles. The van der Waals surface area contributed by atoms with E-state index < -0.39 is 51.1 Å². The average molecular weight is 568 g/mol. The number of phosphoric ester groups is 1. The molecule has 0 fully saturated rings. The Kier molecular flexibility index (Phi) is 22.4. The van der Waals surface area contributed by atoms with Crippen molar-refractivity contribution < 1.29 is 47.5 Å². The first-order valence-corrected chi connectivity index (χ1v) is 15.6. The van der Waals surface area contributed by atoms with E-state index >= 15 is 0 Å². The van der Waals surface area contributed by atoms with Gasteiger partial charge in [0.25, 0.3) is 0 Å². The average Bonchev–Trinajstić information content (AvgIpc) is 2.87. The van der Waals surface area contributed by atoms with Crippen LogP contribution in [0.4, 0.5) is 0 Å². The molecule has 0 saturated carbocycles. The molecule has 0 rings (SSSR count). The molecule has 3 atom stereocenters. The number of aliphatic carboxylic acids is 1. The molecule has 0 spiro atoms. The van der Waals surface area contributed by atoms with Gasteiger partial charge >= 0.3 is 25.7 Å². The number of hydrogen-bond donors (Lipinski definition) is 3. The predicted octanol–water partition coefficient (Wildman–Crippen LogP) is 5.27. The van der Waals surface area contributed by atoms with Crippen LogP contribution in [0.3, 0.4) is 0 Å². The zero-order chi connectivity index (χ0) is 28.7. The number of unbranched alkanes of at least 4 members (excludes halogenated alkanes) is 12. The van der Waals surface area contributed by atoms with Crippen LogP contribution in [0.25, 0.3) is 0 Å². The molecule has 224 valence electrons. The van der Waals surface area contributed by atoms with Gasteiger partial charge in [-0.1, -0.05) is 90.9 Å². The summed E-state index contributed by atoms with van der Waals surface area (Å²) < 4.78 is 32.1. The smallest absolute Gasteiger partial charge is 0.472 e. The molecule has 0 aromatic rings. The van der Waals surface area contributed by atoms with Crippen LogP contribution in [-0.2, 0) is 37.5 Å². The van der Waals surface area contributed by atoms with E-state index in [0.717, 1.165) is 44.9 Å². The summed E-state index contributed by atoms with van der Waals surface area (Å²) in [5.41, 5.74) is 5.26. The number of carbonyl (C=O) groups is 3. The predicted molar refractivity (Wildman–Crippen MR) is 143 cm³/mol. The summed E-state index contributed by atoms with van der Waals surface area (Å²) in [6.07, 6.45) is 13.8. The molecule has 38 heavy (non-hydrogen) atoms. The number of esters is 2. The van der Waals surface area contributed by atoms with Gasteiger partial charge in [-0.05, 0) is 12.8 Å². The first-order valence-electron chi connectivity index (χ1n) is 14.1. The van der Waals surface area contributed by atoms with Crippen LogP contribution in [-0.4, -0.2) is 59.9 Å². The van der Waals surface area contributed by atoms with Crippen LogP contribution in [0.15, 0.2) is 0 Å². The molecule has 0 bridgehead atoms. The summed E-state index contributed by atoms with van der Waals surface area (Å²) in [5.74, 6) is -2.39. The van der Waals surface area contributed by atoms with Crippen molar-refractivity contribution in [3.63, 3.8) is 0 Å². The standard InChI is InChI=1S/C26H50NO10P/c1-3-5-7-9-11-13-15-17-24(28)34-19-22(20-35-38(32,33)36-21-23(27)26(30)31)37-25(29)18-16-14-12-10-8-6-4-2/h22-23H,3-21,27H2,1-2H3,(H,30,31)(H,32,33)/t22-,23?/m0/s1. The maximum atomic E-state index is 12.3. The van der Waals surface area contributed by atoms with Gasteiger partial charge in [0.2, 0.25) is 0 Å². The van der Waals surface area contributed by atoms with Crippen LogP contribution in [0.5, 0.6) is 0 Å². The fourth-order valence-corrected chi connectivity index (χ4v) is 4.31. The lowest BCUT2D eigenvalue weighted by Crippen LogP contribution is -2.34. The topological polar surface area (TPSA) is 172 Å². The van der Waals surface area contributed by atoms with Gasteiger partial charge in [0.15, 0.2) is 6.10 Å². The third kappa shape index (κ3) is 22.5. The van der Waals surface area contributed by atoms with E-state index in [1.165, 1.54) is 32.1 Å². The minimum absolute atomic E-state index is 0.164. The minimum Gasteiger partial charge on any atom is -0.480 e. The Hall–Kier alpha value is -1.52. The Morgan fingerprint density at radius 1 is 0.711 bits per heavy atom. The molecular formula is C26H50NO10P. The summed E-state index contributed by atoms with van der Waals surface area (Å²) in [4.78, 5) is 45.0. The Balaban J connectivity index is 4.61. The second kappa shape index (κ2) is 23.4. The SMILES string of the molecule is CCCCCCCCCC(=O)OC[C@@H](COP(=O)(O)OCC(N)C(=O)O)OC(=O)CCCCCCCCC. The van der Waals surface area contributed by atoms with Crippen LogP contribution in [0.2, 0.25) is 0 Å². The molecular weight excluding hydrogens is 517 g/mol. The zero-order valence-corrected chi connectivity index (χ0v) is 24.2. The van der Waals surface area contributed by atoms with Crippen molar-refractivity contribution in [2.75, 3.05) is 19.8 Å². The van der Waals surface area contributed by atoms with Gasteiger partial charge in [0.1, 0.15) is 12.6 Å². The summed E-state index contributed by atoms with van der Waals surface area (Å²) >= 11 is 0. The zero-order valence-electron chi connectivity index (χ0n) is 23.3. The largest absolute Gasteiger partial charge is 0.480 e. The molecule has 0 radical (unpaired) electrons. The lowest BCUT2D eigenvalue weighted by Gasteiger charge is -2.20. The van der Waals surface area contributed by atoms with Crippen LogP contribution >= 0.6 is 7.82 Å². The fraction of sp³-hybridized carbons (Fsp3) is 0.885. The van der Waals surface area contributed by atoms with Gasteiger partial charge in [-0.2, -0.15) is 0 Å². The Morgan fingerprint density at radius 3 is 1.66 bits per heavy atom. The van der Waals surface area contributed by atoms with Crippen molar-refractivity contribution in [3.05, 3.63) is 0 Å². The second-order valence-electron chi connectivity index (χ2n) is 9.54. The molecule has 11 nitrogen and oxygen atoms in total. The molecule has 4 N–H and O–H groups in total. The second-order valence-corrected chi connectivity index (χ2v) is 11.0. The maximum absolute atomic E-state index is 12.3. The number of nitrogens with two attached hydrogens (primary N) is 1. The normalized spacial score (nSPS) is 14.4. The molecule has 2 unspecified atom stereocenters. The maximum Gasteiger partial charge on any atom is 0.472 e. The number of carboxylic acids is 1. The third-order valence-electron chi connectivity index (χ3n) is 5.86. The van der Waals surface area contributed by atoms with Crippen molar-refractivity contribution in [2.45, 2.75) is 129 Å². The van der Waals surface area contributed by atoms with Crippen molar-refractivity contribution in [3.8, 4) is 0 Å². The van der Waals surface area contributed by atoms with Gasteiger partial charge in [-0.25, -0.2) is 4.57 Å². The van der Waals surface area contributed by atoms with E-state index in [0.29, 0.717) is 12.8 Å². The van der Waals surface area contributed by atoms with Crippen molar-refractivity contribution in [2.24, 2.45) is 5.73 Å². The van der Waals surface area contributed by atoms with Gasteiger partial charge in [-0.3, -0.25) is 23.4 Å². The van der Waals surface area contributed by atoms with Crippen molar-refractivity contribution in [1.29, 1.82) is 0 Å². The number of hydrogen-bond acceptors (Lipinski definition) is 9. The van der Waals surface area contributed by atoms with E-state index in [-0.39, 0.29) is 19.4 Å². The summed E-state index contributed by atoms with van der Waals surface area (Å²) in [6, 6.07) is -1.51. The molecule has 0 aromatic heterocycles. The highest BCUT2D eigenvalue weighted by Crippen LogP contribution is 2.43. The van der Waals surface area contributed by atoms with E-state index in [1.807, 2.05) is 0 Å². The summed E-state index contributed by atoms with van der Waals surface area (Å²) in [5, 5.41) is 8.76. The molecule has 0 aliphatic carbocycles. The highest BCUT2D eigenvalue weighted by molar-refractivity contribution is 7.47. The van der Waals surface area contributed by atoms with E-state index in [2.05, 4.69) is 18.4 Å². The molecule has 12 heteroatoms.